The van der Waals surface area contributed by atoms with Crippen molar-refractivity contribution in [3.63, 3.8) is 0 Å². The normalized spacial score (nSPS) is 10.7. The maximum atomic E-state index is 12.6. The quantitative estimate of drug-likeness (QED) is 0.428. The molecule has 27 heavy (non-hydrogen) atoms. The smallest absolute Gasteiger partial charge is 0.257 e. The lowest BCUT2D eigenvalue weighted by Crippen LogP contribution is -2.13. The Kier molecular flexibility index (Phi) is 8.54. The molecule has 0 spiro atoms. The van der Waals surface area contributed by atoms with Gasteiger partial charge in [-0.1, -0.05) is 19.3 Å². The summed E-state index contributed by atoms with van der Waals surface area (Å²) in [7, 11) is 1.88. The fourth-order valence-electron chi connectivity index (χ4n) is 2.77. The van der Waals surface area contributed by atoms with Gasteiger partial charge in [-0.15, -0.1) is 11.3 Å². The number of aryl methyl sites for hydroxylation is 2. The van der Waals surface area contributed by atoms with Crippen LogP contribution in [-0.4, -0.2) is 31.0 Å². The van der Waals surface area contributed by atoms with Crippen molar-refractivity contribution < 1.29 is 4.79 Å². The number of nitrogens with zero attached hydrogens (tertiary/aromatic N) is 1. The Morgan fingerprint density at radius 1 is 1.11 bits per heavy atom. The summed E-state index contributed by atoms with van der Waals surface area (Å²) in [5, 5.41) is 10.1. The molecule has 1 heterocycles. The number of amides is 1. The van der Waals surface area contributed by atoms with Crippen LogP contribution in [-0.2, 0) is 0 Å². The van der Waals surface area contributed by atoms with Crippen molar-refractivity contribution in [2.45, 2.75) is 46.0 Å². The molecule has 1 aromatic heterocycles. The highest BCUT2D eigenvalue weighted by Crippen LogP contribution is 2.25. The standard InChI is InChI=1S/C20H31N5OS/c1-14-15(2)27-20(24-14)25-19(26)16-9-10-17(22-3)18(13-16)23-12-8-6-4-5-7-11-21/h9-10,13,22-23H,4-8,11-12,21H2,1-3H3,(H,24,25,26). The zero-order chi connectivity index (χ0) is 19.6. The lowest BCUT2D eigenvalue weighted by molar-refractivity contribution is 0.102. The molecule has 6 nitrogen and oxygen atoms in total. The fourth-order valence-corrected chi connectivity index (χ4v) is 3.58. The molecule has 0 radical (unpaired) electrons. The third-order valence-corrected chi connectivity index (χ3v) is 5.48. The summed E-state index contributed by atoms with van der Waals surface area (Å²) >= 11 is 1.50. The SMILES string of the molecule is CNc1ccc(C(=O)Nc2nc(C)c(C)s2)cc1NCCCCCCCN. The van der Waals surface area contributed by atoms with E-state index in [4.69, 9.17) is 5.73 Å². The van der Waals surface area contributed by atoms with E-state index in [-0.39, 0.29) is 5.91 Å². The largest absolute Gasteiger partial charge is 0.386 e. The van der Waals surface area contributed by atoms with Crippen molar-refractivity contribution in [2.75, 3.05) is 36.1 Å². The summed E-state index contributed by atoms with van der Waals surface area (Å²) in [4.78, 5) is 18.0. The van der Waals surface area contributed by atoms with Crippen molar-refractivity contribution in [1.82, 2.24) is 4.98 Å². The Morgan fingerprint density at radius 3 is 2.52 bits per heavy atom. The molecular formula is C20H31N5OS. The first-order chi connectivity index (χ1) is 13.0. The lowest BCUT2D eigenvalue weighted by atomic mass is 10.1. The molecule has 7 heteroatoms. The van der Waals surface area contributed by atoms with Crippen molar-refractivity contribution in [2.24, 2.45) is 5.73 Å². The average molecular weight is 390 g/mol. The van der Waals surface area contributed by atoms with E-state index in [0.717, 1.165) is 47.9 Å². The highest BCUT2D eigenvalue weighted by Gasteiger charge is 2.12. The van der Waals surface area contributed by atoms with Crippen LogP contribution in [0.25, 0.3) is 0 Å². The Labute approximate surface area is 166 Å². The summed E-state index contributed by atoms with van der Waals surface area (Å²) in [6.07, 6.45) is 5.80. The third-order valence-electron chi connectivity index (χ3n) is 4.50. The van der Waals surface area contributed by atoms with Gasteiger partial charge in [-0.2, -0.15) is 0 Å². The molecule has 2 aromatic rings. The molecule has 0 atom stereocenters. The van der Waals surface area contributed by atoms with Crippen LogP contribution in [0, 0.1) is 13.8 Å². The first-order valence-electron chi connectivity index (χ1n) is 9.56. The van der Waals surface area contributed by atoms with E-state index in [1.54, 1.807) is 0 Å². The number of nitrogens with two attached hydrogens (primary N) is 1. The molecule has 1 amide bonds. The minimum absolute atomic E-state index is 0.142. The second-order valence-electron chi connectivity index (χ2n) is 6.61. The van der Waals surface area contributed by atoms with Crippen molar-refractivity contribution in [3.05, 3.63) is 34.3 Å². The number of thiazole rings is 1. The van der Waals surface area contributed by atoms with E-state index in [2.05, 4.69) is 20.9 Å². The third kappa shape index (κ3) is 6.52. The lowest BCUT2D eigenvalue weighted by Gasteiger charge is -2.13. The summed E-state index contributed by atoms with van der Waals surface area (Å²) in [5.74, 6) is -0.142. The Morgan fingerprint density at radius 2 is 1.85 bits per heavy atom. The Balaban J connectivity index is 1.93. The van der Waals surface area contributed by atoms with E-state index in [1.807, 2.05) is 39.1 Å². The second-order valence-corrected chi connectivity index (χ2v) is 7.81. The van der Waals surface area contributed by atoms with Gasteiger partial charge < -0.3 is 16.4 Å². The molecule has 148 valence electrons. The average Bonchev–Trinajstić information content (AvgIpc) is 2.97. The zero-order valence-electron chi connectivity index (χ0n) is 16.5. The van der Waals surface area contributed by atoms with Crippen LogP contribution >= 0.6 is 11.3 Å². The van der Waals surface area contributed by atoms with E-state index in [1.165, 1.54) is 30.6 Å². The number of rotatable bonds is 11. The van der Waals surface area contributed by atoms with Crippen LogP contribution in [0.1, 0.15) is 53.0 Å². The van der Waals surface area contributed by atoms with Crippen LogP contribution in [0.5, 0.6) is 0 Å². The minimum Gasteiger partial charge on any atom is -0.386 e. The molecule has 0 unspecified atom stereocenters. The van der Waals surface area contributed by atoms with Gasteiger partial charge in [-0.05, 0) is 51.4 Å². The van der Waals surface area contributed by atoms with Crippen LogP contribution in [0.3, 0.4) is 0 Å². The molecule has 2 rings (SSSR count). The minimum atomic E-state index is -0.142. The first-order valence-corrected chi connectivity index (χ1v) is 10.4. The van der Waals surface area contributed by atoms with E-state index in [0.29, 0.717) is 10.7 Å². The summed E-state index contributed by atoms with van der Waals surface area (Å²) < 4.78 is 0. The number of unbranched alkanes of at least 4 members (excludes halogenated alkanes) is 4. The van der Waals surface area contributed by atoms with Gasteiger partial charge in [0.25, 0.3) is 5.91 Å². The van der Waals surface area contributed by atoms with Gasteiger partial charge in [-0.3, -0.25) is 10.1 Å². The number of aromatic nitrogens is 1. The number of carbonyl (C=O) groups excluding carboxylic acids is 1. The molecule has 0 saturated heterocycles. The van der Waals surface area contributed by atoms with E-state index >= 15 is 0 Å². The number of carbonyl (C=O) groups is 1. The Bertz CT molecular complexity index is 724. The molecule has 5 N–H and O–H groups in total. The molecule has 0 bridgehead atoms. The van der Waals surface area contributed by atoms with Crippen LogP contribution in [0.15, 0.2) is 18.2 Å². The van der Waals surface area contributed by atoms with Crippen molar-refractivity contribution >= 4 is 33.8 Å². The topological polar surface area (TPSA) is 92.1 Å². The number of hydrogen-bond donors (Lipinski definition) is 4. The summed E-state index contributed by atoms with van der Waals surface area (Å²) in [5.41, 5.74) is 9.01. The highest BCUT2D eigenvalue weighted by atomic mass is 32.1. The van der Waals surface area contributed by atoms with Gasteiger partial charge in [0.15, 0.2) is 5.13 Å². The number of benzene rings is 1. The van der Waals surface area contributed by atoms with Crippen LogP contribution in [0.2, 0.25) is 0 Å². The van der Waals surface area contributed by atoms with Gasteiger partial charge in [0.1, 0.15) is 0 Å². The van der Waals surface area contributed by atoms with Gasteiger partial charge in [0.05, 0.1) is 17.1 Å². The zero-order valence-corrected chi connectivity index (χ0v) is 17.3. The van der Waals surface area contributed by atoms with Gasteiger partial charge in [0.2, 0.25) is 0 Å². The summed E-state index contributed by atoms with van der Waals surface area (Å²) in [6, 6.07) is 5.65. The van der Waals surface area contributed by atoms with Gasteiger partial charge >= 0.3 is 0 Å². The fraction of sp³-hybridized carbons (Fsp3) is 0.500. The van der Waals surface area contributed by atoms with Crippen molar-refractivity contribution in [1.29, 1.82) is 0 Å². The van der Waals surface area contributed by atoms with E-state index in [9.17, 15) is 4.79 Å². The van der Waals surface area contributed by atoms with Crippen LogP contribution in [0.4, 0.5) is 16.5 Å². The van der Waals surface area contributed by atoms with Crippen molar-refractivity contribution in [3.8, 4) is 0 Å². The van der Waals surface area contributed by atoms with Gasteiger partial charge in [-0.25, -0.2) is 4.98 Å². The van der Waals surface area contributed by atoms with E-state index < -0.39 is 0 Å². The first kappa shape index (κ1) is 21.2. The predicted molar refractivity (Wildman–Crippen MR) is 116 cm³/mol. The monoisotopic (exact) mass is 389 g/mol. The number of hydrogen-bond acceptors (Lipinski definition) is 6. The molecule has 0 fully saturated rings. The highest BCUT2D eigenvalue weighted by molar-refractivity contribution is 7.15. The van der Waals surface area contributed by atoms with Gasteiger partial charge in [0, 0.05) is 24.0 Å². The predicted octanol–water partition coefficient (Wildman–Crippen LogP) is 4.38. The molecule has 0 saturated carbocycles. The molecule has 0 aliphatic heterocycles. The number of anilines is 3. The molecular weight excluding hydrogens is 358 g/mol. The maximum Gasteiger partial charge on any atom is 0.257 e. The summed E-state index contributed by atoms with van der Waals surface area (Å²) in [6.45, 7) is 5.61. The van der Waals surface area contributed by atoms with Crippen LogP contribution < -0.4 is 21.7 Å². The molecule has 1 aromatic carbocycles. The maximum absolute atomic E-state index is 12.6. The second kappa shape index (κ2) is 10.9. The molecule has 0 aliphatic carbocycles. The Hall–Kier alpha value is -2.12. The molecule has 0 aliphatic rings. The number of nitrogens with one attached hydrogen (secondary N) is 3.